The molecule has 1 aliphatic rings. The Morgan fingerprint density at radius 1 is 1.27 bits per heavy atom. The summed E-state index contributed by atoms with van der Waals surface area (Å²) in [7, 11) is 0. The maximum absolute atomic E-state index is 14.9. The zero-order valence-corrected chi connectivity index (χ0v) is 13.2. The highest BCUT2D eigenvalue weighted by Crippen LogP contribution is 2.38. The molecule has 1 aromatic heterocycles. The first-order valence-corrected chi connectivity index (χ1v) is 7.58. The average Bonchev–Trinajstić information content (AvgIpc) is 2.85. The minimum Gasteiger partial charge on any atom is -0.456 e. The van der Waals surface area contributed by atoms with Crippen LogP contribution in [0.5, 0.6) is 0 Å². The Morgan fingerprint density at radius 3 is 2.62 bits per heavy atom. The van der Waals surface area contributed by atoms with Gasteiger partial charge in [-0.3, -0.25) is 14.3 Å². The number of carbonyl (C=O) groups excluding carboxylic acids is 1. The van der Waals surface area contributed by atoms with Crippen molar-refractivity contribution in [1.82, 2.24) is 9.55 Å². The highest BCUT2D eigenvalue weighted by atomic mass is 19.2. The molecule has 1 saturated heterocycles. The maximum atomic E-state index is 14.9. The van der Waals surface area contributed by atoms with Crippen molar-refractivity contribution in [2.45, 2.75) is 24.3 Å². The van der Waals surface area contributed by atoms with Crippen LogP contribution in [0.4, 0.5) is 4.39 Å². The van der Waals surface area contributed by atoms with E-state index in [2.05, 4.69) is 0 Å². The number of hydrogen-bond acceptors (Lipinski definition) is 7. The zero-order chi connectivity index (χ0) is 18.9. The van der Waals surface area contributed by atoms with Crippen molar-refractivity contribution < 1.29 is 28.9 Å². The lowest BCUT2D eigenvalue weighted by molar-refractivity contribution is -0.207. The first kappa shape index (κ1) is 18.0. The van der Waals surface area contributed by atoms with Crippen molar-refractivity contribution in [2.75, 3.05) is 6.61 Å². The number of aliphatic hydroxyl groups is 2. The van der Waals surface area contributed by atoms with Crippen molar-refractivity contribution in [3.8, 4) is 0 Å². The van der Waals surface area contributed by atoms with Gasteiger partial charge >= 0.3 is 11.7 Å². The molecule has 2 aromatic rings. The van der Waals surface area contributed by atoms with E-state index in [0.29, 0.717) is 0 Å². The third kappa shape index (κ3) is 3.29. The van der Waals surface area contributed by atoms with Crippen molar-refractivity contribution >= 4 is 5.97 Å². The van der Waals surface area contributed by atoms with E-state index in [9.17, 15) is 29.0 Å². The first-order valence-electron chi connectivity index (χ1n) is 7.58. The lowest BCUT2D eigenvalue weighted by Gasteiger charge is -2.22. The van der Waals surface area contributed by atoms with Crippen molar-refractivity contribution in [1.29, 1.82) is 0 Å². The van der Waals surface area contributed by atoms with Crippen LogP contribution < -0.4 is 11.2 Å². The summed E-state index contributed by atoms with van der Waals surface area (Å²) in [6.07, 6.45) is -4.55. The summed E-state index contributed by atoms with van der Waals surface area (Å²) in [5, 5.41) is 20.0. The number of rotatable bonds is 4. The third-order valence-corrected chi connectivity index (χ3v) is 3.91. The highest BCUT2D eigenvalue weighted by Gasteiger charge is 2.57. The number of carbonyl (C=O) groups is 1. The fourth-order valence-corrected chi connectivity index (χ4v) is 2.54. The van der Waals surface area contributed by atoms with Crippen molar-refractivity contribution in [3.63, 3.8) is 0 Å². The molecule has 0 amide bonds. The van der Waals surface area contributed by atoms with Gasteiger partial charge in [-0.1, -0.05) is 18.2 Å². The summed E-state index contributed by atoms with van der Waals surface area (Å²) in [6.45, 7) is -1.01. The van der Waals surface area contributed by atoms with Gasteiger partial charge in [-0.15, -0.1) is 0 Å². The van der Waals surface area contributed by atoms with Crippen LogP contribution in [-0.4, -0.2) is 50.4 Å². The molecular formula is C16H15FN2O7. The number of esters is 1. The number of aliphatic hydroxyl groups excluding tert-OH is 2. The topological polar surface area (TPSA) is 131 Å². The van der Waals surface area contributed by atoms with Crippen LogP contribution in [0.3, 0.4) is 0 Å². The summed E-state index contributed by atoms with van der Waals surface area (Å²) in [6, 6.07) is 8.74. The molecule has 0 aliphatic carbocycles. The largest absolute Gasteiger partial charge is 0.456 e. The summed E-state index contributed by atoms with van der Waals surface area (Å²) in [5.74, 6) is -3.79. The molecule has 1 aromatic carbocycles. The fraction of sp³-hybridized carbons (Fsp3) is 0.312. The van der Waals surface area contributed by atoms with E-state index in [-0.39, 0.29) is 5.56 Å². The molecule has 0 bridgehead atoms. The van der Waals surface area contributed by atoms with Gasteiger partial charge in [-0.2, -0.15) is 0 Å². The van der Waals surface area contributed by atoms with E-state index in [4.69, 9.17) is 9.47 Å². The van der Waals surface area contributed by atoms with E-state index in [1.54, 1.807) is 18.2 Å². The number of aromatic amines is 1. The number of aromatic nitrogens is 2. The smallest absolute Gasteiger partial charge is 0.338 e. The Labute approximate surface area is 145 Å². The second-order valence-electron chi connectivity index (χ2n) is 5.69. The van der Waals surface area contributed by atoms with Crippen LogP contribution >= 0.6 is 0 Å². The molecule has 0 spiro atoms. The number of halogens is 1. The van der Waals surface area contributed by atoms with Gasteiger partial charge in [-0.25, -0.2) is 14.0 Å². The number of ether oxygens (including phenoxy) is 2. The zero-order valence-electron chi connectivity index (χ0n) is 13.2. The fourth-order valence-electron chi connectivity index (χ4n) is 2.54. The van der Waals surface area contributed by atoms with Crippen LogP contribution in [0, 0.1) is 0 Å². The van der Waals surface area contributed by atoms with Crippen LogP contribution in [0.2, 0.25) is 0 Å². The molecule has 2 heterocycles. The summed E-state index contributed by atoms with van der Waals surface area (Å²) >= 11 is 0. The second-order valence-corrected chi connectivity index (χ2v) is 5.69. The van der Waals surface area contributed by atoms with Gasteiger partial charge in [0.1, 0.15) is 12.2 Å². The average molecular weight is 366 g/mol. The molecule has 138 valence electrons. The van der Waals surface area contributed by atoms with Crippen molar-refractivity contribution in [3.05, 3.63) is 69.0 Å². The maximum Gasteiger partial charge on any atom is 0.338 e. The minimum absolute atomic E-state index is 0.164. The lowest BCUT2D eigenvalue weighted by Crippen LogP contribution is -2.43. The summed E-state index contributed by atoms with van der Waals surface area (Å²) in [4.78, 5) is 36.7. The molecule has 0 radical (unpaired) electrons. The number of H-pyrrole nitrogens is 1. The molecule has 3 rings (SSSR count). The van der Waals surface area contributed by atoms with E-state index in [0.717, 1.165) is 16.8 Å². The van der Waals surface area contributed by atoms with Gasteiger partial charge in [0.15, 0.2) is 12.8 Å². The van der Waals surface area contributed by atoms with Gasteiger partial charge < -0.3 is 19.7 Å². The number of nitrogens with zero attached hydrogens (tertiary/aromatic N) is 1. The number of alkyl halides is 1. The third-order valence-electron chi connectivity index (χ3n) is 3.91. The molecule has 4 atom stereocenters. The predicted octanol–water partition coefficient (Wildman–Crippen LogP) is -0.690. The molecule has 0 unspecified atom stereocenters. The van der Waals surface area contributed by atoms with Gasteiger partial charge in [0.2, 0.25) is 0 Å². The van der Waals surface area contributed by atoms with Crippen LogP contribution in [-0.2, 0) is 9.47 Å². The van der Waals surface area contributed by atoms with Gasteiger partial charge in [-0.05, 0) is 12.1 Å². The Balaban J connectivity index is 1.76. The van der Waals surface area contributed by atoms with E-state index in [1.807, 2.05) is 4.98 Å². The normalized spacial score (nSPS) is 28.0. The van der Waals surface area contributed by atoms with Crippen LogP contribution in [0.15, 0.2) is 52.2 Å². The molecule has 0 saturated carbocycles. The summed E-state index contributed by atoms with van der Waals surface area (Å²) < 4.78 is 25.4. The number of hydrogen-bond donors (Lipinski definition) is 3. The van der Waals surface area contributed by atoms with Crippen LogP contribution in [0.1, 0.15) is 16.6 Å². The summed E-state index contributed by atoms with van der Waals surface area (Å²) in [5.41, 5.74) is -1.49. The molecule has 1 aliphatic heterocycles. The molecule has 1 fully saturated rings. The van der Waals surface area contributed by atoms with Gasteiger partial charge in [0, 0.05) is 12.3 Å². The SMILES string of the molecule is O=C(OC[C@@]1(F)O[C@@H](n2ccc(=O)[nH]c2=O)[C@H](O)[C@@H]1O)c1ccccc1. The quantitative estimate of drug-likeness (QED) is 0.611. The molecule has 9 nitrogen and oxygen atoms in total. The minimum atomic E-state index is -2.94. The van der Waals surface area contributed by atoms with Gasteiger partial charge in [0.25, 0.3) is 11.4 Å². The van der Waals surface area contributed by atoms with Crippen LogP contribution in [0.25, 0.3) is 0 Å². The molecule has 10 heteroatoms. The molecule has 3 N–H and O–H groups in total. The number of nitrogens with one attached hydrogen (secondary N) is 1. The van der Waals surface area contributed by atoms with Gasteiger partial charge in [0.05, 0.1) is 5.56 Å². The Morgan fingerprint density at radius 2 is 1.96 bits per heavy atom. The molecule has 26 heavy (non-hydrogen) atoms. The Kier molecular flexibility index (Phi) is 4.72. The molecular weight excluding hydrogens is 351 g/mol. The van der Waals surface area contributed by atoms with Crippen molar-refractivity contribution in [2.24, 2.45) is 0 Å². The lowest BCUT2D eigenvalue weighted by atomic mass is 10.1. The van der Waals surface area contributed by atoms with E-state index in [1.165, 1.54) is 12.1 Å². The Hall–Kier alpha value is -2.82. The standard InChI is InChI=1S/C16H15FN2O7/c17-16(8-25-14(23)9-4-2-1-3-5-9)12(22)11(21)13(26-16)19-7-6-10(20)18-15(19)24/h1-7,11-13,21-22H,8H2,(H,18,20,24)/t11-,12+,13-,16-/m1/s1. The highest BCUT2D eigenvalue weighted by molar-refractivity contribution is 5.89. The first-order chi connectivity index (χ1) is 12.3. The predicted molar refractivity (Wildman–Crippen MR) is 84.0 cm³/mol. The van der Waals surface area contributed by atoms with E-state index < -0.39 is 48.1 Å². The van der Waals surface area contributed by atoms with E-state index >= 15 is 0 Å². The number of benzene rings is 1. The Bertz CT molecular complexity index is 913. The monoisotopic (exact) mass is 366 g/mol. The second kappa shape index (κ2) is 6.83.